The van der Waals surface area contributed by atoms with Gasteiger partial charge in [-0.25, -0.2) is 0 Å². The van der Waals surface area contributed by atoms with E-state index in [9.17, 15) is 0 Å². The van der Waals surface area contributed by atoms with Crippen molar-refractivity contribution in [1.29, 1.82) is 0 Å². The quantitative estimate of drug-likeness (QED) is 0.698. The van der Waals surface area contributed by atoms with E-state index in [0.717, 1.165) is 13.0 Å². The third kappa shape index (κ3) is 5.36. The van der Waals surface area contributed by atoms with Crippen LogP contribution < -0.4 is 5.32 Å². The number of nitrogens with one attached hydrogen (secondary N) is 1. The minimum absolute atomic E-state index is 0.584. The zero-order valence-electron chi connectivity index (χ0n) is 12.4. The molecule has 0 aromatic rings. The van der Waals surface area contributed by atoms with E-state index in [0.29, 0.717) is 18.0 Å². The standard InChI is InChI=1S/C16H30N2/c1-6-7-14(4)15(5)17-16-8-10-18(11-9-16)12-13(2)3/h6,14-17H,1-2,7-12H2,3-5H3/t14-,15+/m1/s1. The van der Waals surface area contributed by atoms with Gasteiger partial charge in [0.15, 0.2) is 0 Å². The van der Waals surface area contributed by atoms with Gasteiger partial charge in [-0.3, -0.25) is 4.90 Å². The summed E-state index contributed by atoms with van der Waals surface area (Å²) in [7, 11) is 0. The summed E-state index contributed by atoms with van der Waals surface area (Å²) in [5.41, 5.74) is 1.27. The van der Waals surface area contributed by atoms with Gasteiger partial charge in [0.1, 0.15) is 0 Å². The molecule has 0 aromatic carbocycles. The third-order valence-electron chi connectivity index (χ3n) is 3.97. The Morgan fingerprint density at radius 3 is 2.50 bits per heavy atom. The molecule has 104 valence electrons. The minimum Gasteiger partial charge on any atom is -0.311 e. The Balaban J connectivity index is 2.26. The lowest BCUT2D eigenvalue weighted by molar-refractivity contribution is 0.197. The van der Waals surface area contributed by atoms with Crippen LogP contribution in [0.4, 0.5) is 0 Å². The zero-order chi connectivity index (χ0) is 13.5. The van der Waals surface area contributed by atoms with Gasteiger partial charge in [0.2, 0.25) is 0 Å². The predicted octanol–water partition coefficient (Wildman–Crippen LogP) is 3.22. The van der Waals surface area contributed by atoms with Crippen LogP contribution in [0.15, 0.2) is 24.8 Å². The molecule has 0 radical (unpaired) electrons. The Hall–Kier alpha value is -0.600. The number of rotatable bonds is 7. The van der Waals surface area contributed by atoms with Crippen LogP contribution in [0.1, 0.15) is 40.0 Å². The van der Waals surface area contributed by atoms with E-state index in [1.54, 1.807) is 0 Å². The number of piperidine rings is 1. The highest BCUT2D eigenvalue weighted by molar-refractivity contribution is 4.93. The molecule has 0 bridgehead atoms. The maximum absolute atomic E-state index is 3.99. The second-order valence-corrected chi connectivity index (χ2v) is 5.96. The van der Waals surface area contributed by atoms with Crippen molar-refractivity contribution in [2.24, 2.45) is 5.92 Å². The molecule has 0 spiro atoms. The van der Waals surface area contributed by atoms with E-state index >= 15 is 0 Å². The van der Waals surface area contributed by atoms with Crippen LogP contribution in [0.3, 0.4) is 0 Å². The van der Waals surface area contributed by atoms with Gasteiger partial charge in [0.05, 0.1) is 0 Å². The van der Waals surface area contributed by atoms with E-state index in [1.807, 2.05) is 6.08 Å². The molecule has 0 aromatic heterocycles. The lowest BCUT2D eigenvalue weighted by Crippen LogP contribution is -2.47. The molecule has 1 fully saturated rings. The molecule has 1 aliphatic rings. The van der Waals surface area contributed by atoms with Crippen molar-refractivity contribution in [3.63, 3.8) is 0 Å². The summed E-state index contributed by atoms with van der Waals surface area (Å²) in [6.07, 6.45) is 5.65. The SMILES string of the molecule is C=CC[C@@H](C)[C@H](C)NC1CCN(CC(=C)C)CC1. The molecule has 1 saturated heterocycles. The van der Waals surface area contributed by atoms with Crippen LogP contribution in [-0.2, 0) is 0 Å². The third-order valence-corrected chi connectivity index (χ3v) is 3.97. The van der Waals surface area contributed by atoms with Gasteiger partial charge in [0.25, 0.3) is 0 Å². The Morgan fingerprint density at radius 2 is 2.00 bits per heavy atom. The summed E-state index contributed by atoms with van der Waals surface area (Å²) in [5, 5.41) is 3.78. The Morgan fingerprint density at radius 1 is 1.39 bits per heavy atom. The molecule has 18 heavy (non-hydrogen) atoms. The van der Waals surface area contributed by atoms with Gasteiger partial charge < -0.3 is 5.32 Å². The Labute approximate surface area is 113 Å². The Bertz CT molecular complexity index is 264. The van der Waals surface area contributed by atoms with E-state index < -0.39 is 0 Å². The number of likely N-dealkylation sites (tertiary alicyclic amines) is 1. The molecule has 1 rings (SSSR count). The highest BCUT2D eigenvalue weighted by Gasteiger charge is 2.21. The first-order valence-electron chi connectivity index (χ1n) is 7.26. The van der Waals surface area contributed by atoms with Crippen LogP contribution in [-0.4, -0.2) is 36.6 Å². The van der Waals surface area contributed by atoms with Crippen molar-refractivity contribution in [1.82, 2.24) is 10.2 Å². The summed E-state index contributed by atoms with van der Waals surface area (Å²) in [6.45, 7) is 18.0. The van der Waals surface area contributed by atoms with Crippen molar-refractivity contribution in [3.8, 4) is 0 Å². The molecule has 2 atom stereocenters. The zero-order valence-corrected chi connectivity index (χ0v) is 12.4. The monoisotopic (exact) mass is 250 g/mol. The smallest absolute Gasteiger partial charge is 0.0187 e. The lowest BCUT2D eigenvalue weighted by Gasteiger charge is -2.35. The number of allylic oxidation sites excluding steroid dienone is 1. The van der Waals surface area contributed by atoms with Crippen molar-refractivity contribution in [2.45, 2.75) is 52.1 Å². The first-order chi connectivity index (χ1) is 8.52. The van der Waals surface area contributed by atoms with Crippen LogP contribution >= 0.6 is 0 Å². The number of hydrogen-bond donors (Lipinski definition) is 1. The minimum atomic E-state index is 0.584. The predicted molar refractivity (Wildman–Crippen MR) is 80.9 cm³/mol. The summed E-state index contributed by atoms with van der Waals surface area (Å²) in [6, 6.07) is 1.27. The van der Waals surface area contributed by atoms with Crippen molar-refractivity contribution >= 4 is 0 Å². The highest BCUT2D eigenvalue weighted by Crippen LogP contribution is 2.15. The van der Waals surface area contributed by atoms with E-state index in [-0.39, 0.29) is 0 Å². The van der Waals surface area contributed by atoms with Crippen molar-refractivity contribution < 1.29 is 0 Å². The topological polar surface area (TPSA) is 15.3 Å². The molecular formula is C16H30N2. The number of nitrogens with zero attached hydrogens (tertiary/aromatic N) is 1. The maximum Gasteiger partial charge on any atom is 0.0187 e. The fourth-order valence-electron chi connectivity index (χ4n) is 2.64. The van der Waals surface area contributed by atoms with Gasteiger partial charge in [-0.05, 0) is 52.1 Å². The van der Waals surface area contributed by atoms with E-state index in [2.05, 4.69) is 44.1 Å². The number of hydrogen-bond acceptors (Lipinski definition) is 2. The highest BCUT2D eigenvalue weighted by atomic mass is 15.1. The largest absolute Gasteiger partial charge is 0.311 e. The molecule has 1 aliphatic heterocycles. The second kappa shape index (κ2) is 7.75. The van der Waals surface area contributed by atoms with Crippen LogP contribution in [0.5, 0.6) is 0 Å². The molecule has 1 N–H and O–H groups in total. The van der Waals surface area contributed by atoms with Gasteiger partial charge >= 0.3 is 0 Å². The van der Waals surface area contributed by atoms with Crippen molar-refractivity contribution in [2.75, 3.05) is 19.6 Å². The molecule has 2 heteroatoms. The van der Waals surface area contributed by atoms with E-state index in [4.69, 9.17) is 0 Å². The molecular weight excluding hydrogens is 220 g/mol. The molecule has 0 amide bonds. The fraction of sp³-hybridized carbons (Fsp3) is 0.750. The van der Waals surface area contributed by atoms with Crippen LogP contribution in [0.25, 0.3) is 0 Å². The van der Waals surface area contributed by atoms with Gasteiger partial charge in [-0.1, -0.05) is 25.2 Å². The fourth-order valence-corrected chi connectivity index (χ4v) is 2.64. The summed E-state index contributed by atoms with van der Waals surface area (Å²) in [4.78, 5) is 2.51. The van der Waals surface area contributed by atoms with Crippen LogP contribution in [0.2, 0.25) is 0 Å². The van der Waals surface area contributed by atoms with E-state index in [1.165, 1.54) is 31.5 Å². The summed E-state index contributed by atoms with van der Waals surface area (Å²) in [5.74, 6) is 0.677. The maximum atomic E-state index is 3.99. The molecule has 0 saturated carbocycles. The summed E-state index contributed by atoms with van der Waals surface area (Å²) < 4.78 is 0. The molecule has 1 heterocycles. The average molecular weight is 250 g/mol. The Kier molecular flexibility index (Phi) is 6.66. The second-order valence-electron chi connectivity index (χ2n) is 5.96. The molecule has 2 nitrogen and oxygen atoms in total. The van der Waals surface area contributed by atoms with Gasteiger partial charge in [-0.15, -0.1) is 6.58 Å². The van der Waals surface area contributed by atoms with Gasteiger partial charge in [0, 0.05) is 18.6 Å². The molecule has 0 unspecified atom stereocenters. The van der Waals surface area contributed by atoms with Crippen LogP contribution in [0, 0.1) is 5.92 Å². The van der Waals surface area contributed by atoms with Gasteiger partial charge in [-0.2, -0.15) is 0 Å². The lowest BCUT2D eigenvalue weighted by atomic mass is 9.96. The summed E-state index contributed by atoms with van der Waals surface area (Å²) >= 11 is 0. The molecule has 0 aliphatic carbocycles. The first-order valence-corrected chi connectivity index (χ1v) is 7.26. The normalized spacial score (nSPS) is 21.5. The first kappa shape index (κ1) is 15.5. The van der Waals surface area contributed by atoms with Crippen molar-refractivity contribution in [3.05, 3.63) is 24.8 Å². The average Bonchev–Trinajstić information content (AvgIpc) is 2.31.